The van der Waals surface area contributed by atoms with Gasteiger partial charge in [-0.25, -0.2) is 23.2 Å². The Bertz CT molecular complexity index is 1600. The third kappa shape index (κ3) is 7.33. The molecule has 4 heterocycles. The van der Waals surface area contributed by atoms with Crippen LogP contribution in [0.3, 0.4) is 0 Å². The maximum atomic E-state index is 14.0. The maximum Gasteiger partial charge on any atom is 0.419 e. The number of nitrogens with one attached hydrogen (secondary N) is 3. The van der Waals surface area contributed by atoms with Crippen molar-refractivity contribution in [2.24, 2.45) is 5.92 Å². The molecule has 44 heavy (non-hydrogen) atoms. The van der Waals surface area contributed by atoms with Crippen LogP contribution in [-0.2, 0) is 25.5 Å². The first kappa shape index (κ1) is 31.7. The molecule has 3 aromatic rings. The first-order valence-corrected chi connectivity index (χ1v) is 16.2. The molecule has 2 aliphatic rings. The fourth-order valence-electron chi connectivity index (χ4n) is 5.59. The SMILES string of the molecule is C=CCOC(=O)N1CCC(CO[C@H]2CNC[C@@H](Nc3ncc(C(F)(F)F)c(-c4c[nH]c5c(S(C)(=O)=O)cccc45)n3)C2)CC1. The number of para-hydroxylation sites is 1. The van der Waals surface area contributed by atoms with Crippen molar-refractivity contribution in [1.29, 1.82) is 0 Å². The van der Waals surface area contributed by atoms with Crippen LogP contribution in [0.1, 0.15) is 24.8 Å². The smallest absolute Gasteiger partial charge is 0.419 e. The van der Waals surface area contributed by atoms with E-state index in [2.05, 4.69) is 32.2 Å². The van der Waals surface area contributed by atoms with Gasteiger partial charge in [0.25, 0.3) is 0 Å². The van der Waals surface area contributed by atoms with Crippen LogP contribution in [0.15, 0.2) is 48.1 Å². The molecule has 0 aliphatic carbocycles. The Labute approximate surface area is 253 Å². The highest BCUT2D eigenvalue weighted by Crippen LogP contribution is 2.39. The molecule has 238 valence electrons. The van der Waals surface area contributed by atoms with E-state index >= 15 is 0 Å². The number of hydrogen-bond acceptors (Lipinski definition) is 9. The second-order valence-electron chi connectivity index (χ2n) is 11.1. The van der Waals surface area contributed by atoms with Crippen molar-refractivity contribution in [3.05, 3.63) is 48.8 Å². The van der Waals surface area contributed by atoms with E-state index in [1.165, 1.54) is 24.4 Å². The molecule has 0 unspecified atom stereocenters. The molecule has 0 radical (unpaired) electrons. The van der Waals surface area contributed by atoms with Gasteiger partial charge in [0.2, 0.25) is 5.95 Å². The van der Waals surface area contributed by atoms with Crippen LogP contribution in [0.25, 0.3) is 22.2 Å². The monoisotopic (exact) mass is 636 g/mol. The molecule has 2 aromatic heterocycles. The Hall–Kier alpha value is -3.69. The first-order chi connectivity index (χ1) is 20.9. The molecule has 3 N–H and O–H groups in total. The lowest BCUT2D eigenvalue weighted by Gasteiger charge is -2.34. The Kier molecular flexibility index (Phi) is 9.46. The van der Waals surface area contributed by atoms with E-state index in [0.717, 1.165) is 25.3 Å². The molecular weight excluding hydrogens is 601 g/mol. The van der Waals surface area contributed by atoms with E-state index in [4.69, 9.17) is 9.47 Å². The van der Waals surface area contributed by atoms with Crippen molar-refractivity contribution >= 4 is 32.8 Å². The molecular formula is C29H35F3N6O5S. The molecule has 2 fully saturated rings. The quantitative estimate of drug-likeness (QED) is 0.295. The summed E-state index contributed by atoms with van der Waals surface area (Å²) in [5, 5.41) is 6.74. The van der Waals surface area contributed by atoms with Gasteiger partial charge in [-0.15, -0.1) is 0 Å². The number of alkyl halides is 3. The second kappa shape index (κ2) is 13.1. The number of ether oxygens (including phenoxy) is 2. The van der Waals surface area contributed by atoms with Gasteiger partial charge in [0.05, 0.1) is 22.2 Å². The van der Waals surface area contributed by atoms with E-state index in [1.54, 1.807) is 11.0 Å². The van der Waals surface area contributed by atoms with Crippen molar-refractivity contribution in [3.8, 4) is 11.3 Å². The zero-order valence-electron chi connectivity index (χ0n) is 24.2. The van der Waals surface area contributed by atoms with Crippen LogP contribution in [-0.4, -0.2) is 92.2 Å². The lowest BCUT2D eigenvalue weighted by molar-refractivity contribution is -0.137. The number of fused-ring (bicyclic) bond motifs is 1. The summed E-state index contributed by atoms with van der Waals surface area (Å²) < 4.78 is 77.9. The number of halogens is 3. The molecule has 1 amide bonds. The molecule has 2 saturated heterocycles. The van der Waals surface area contributed by atoms with Crippen LogP contribution >= 0.6 is 0 Å². The summed E-state index contributed by atoms with van der Waals surface area (Å²) in [6.07, 6.45) is 1.63. The Balaban J connectivity index is 1.25. The maximum absolute atomic E-state index is 14.0. The number of piperidine rings is 2. The number of aromatic amines is 1. The lowest BCUT2D eigenvalue weighted by Crippen LogP contribution is -2.47. The van der Waals surface area contributed by atoms with Gasteiger partial charge in [0, 0.05) is 68.4 Å². The third-order valence-corrected chi connectivity index (χ3v) is 8.97. The van der Waals surface area contributed by atoms with Crippen molar-refractivity contribution in [1.82, 2.24) is 25.2 Å². The number of carbonyl (C=O) groups excluding carboxylic acids is 1. The van der Waals surface area contributed by atoms with Crippen LogP contribution in [0, 0.1) is 5.92 Å². The number of hydrogen-bond donors (Lipinski definition) is 3. The predicted octanol–water partition coefficient (Wildman–Crippen LogP) is 4.24. The van der Waals surface area contributed by atoms with Gasteiger partial charge >= 0.3 is 12.3 Å². The number of nitrogens with zero attached hydrogens (tertiary/aromatic N) is 3. The van der Waals surface area contributed by atoms with Gasteiger partial charge in [-0.05, 0) is 31.2 Å². The van der Waals surface area contributed by atoms with E-state index in [-0.39, 0.29) is 52.5 Å². The van der Waals surface area contributed by atoms with Gasteiger partial charge in [0.15, 0.2) is 9.84 Å². The molecule has 5 rings (SSSR count). The fourth-order valence-corrected chi connectivity index (χ4v) is 6.46. The average Bonchev–Trinajstić information content (AvgIpc) is 3.42. The number of aromatic nitrogens is 3. The van der Waals surface area contributed by atoms with Crippen molar-refractivity contribution in [2.45, 2.75) is 42.5 Å². The summed E-state index contributed by atoms with van der Waals surface area (Å²) >= 11 is 0. The van der Waals surface area contributed by atoms with Crippen molar-refractivity contribution in [3.63, 3.8) is 0 Å². The number of benzene rings is 1. The number of H-pyrrole nitrogens is 1. The molecule has 0 spiro atoms. The van der Waals surface area contributed by atoms with Crippen LogP contribution in [0.2, 0.25) is 0 Å². The predicted molar refractivity (Wildman–Crippen MR) is 158 cm³/mol. The average molecular weight is 637 g/mol. The topological polar surface area (TPSA) is 139 Å². The Morgan fingerprint density at radius 1 is 1.25 bits per heavy atom. The number of amides is 1. The summed E-state index contributed by atoms with van der Waals surface area (Å²) in [6, 6.07) is 4.23. The summed E-state index contributed by atoms with van der Waals surface area (Å²) in [5.74, 6) is 0.316. The Morgan fingerprint density at radius 3 is 2.73 bits per heavy atom. The summed E-state index contributed by atoms with van der Waals surface area (Å²) in [7, 11) is -3.63. The van der Waals surface area contributed by atoms with Gasteiger partial charge in [-0.3, -0.25) is 0 Å². The third-order valence-electron chi connectivity index (χ3n) is 7.83. The van der Waals surface area contributed by atoms with Gasteiger partial charge < -0.3 is 30.0 Å². The van der Waals surface area contributed by atoms with E-state index < -0.39 is 21.6 Å². The van der Waals surface area contributed by atoms with E-state index in [0.29, 0.717) is 50.5 Å². The summed E-state index contributed by atoms with van der Waals surface area (Å²) in [6.45, 7) is 6.61. The van der Waals surface area contributed by atoms with Crippen molar-refractivity contribution in [2.75, 3.05) is 51.0 Å². The number of likely N-dealkylation sites (tertiary alicyclic amines) is 1. The highest BCUT2D eigenvalue weighted by molar-refractivity contribution is 7.91. The number of rotatable bonds is 9. The normalized spacial score (nSPS) is 20.0. The minimum Gasteiger partial charge on any atom is -0.445 e. The minimum absolute atomic E-state index is 0.0156. The highest BCUT2D eigenvalue weighted by Gasteiger charge is 2.36. The number of carbonyl (C=O) groups is 1. The van der Waals surface area contributed by atoms with Gasteiger partial charge in [0.1, 0.15) is 12.2 Å². The zero-order valence-corrected chi connectivity index (χ0v) is 25.0. The minimum atomic E-state index is -4.74. The van der Waals surface area contributed by atoms with Crippen LogP contribution < -0.4 is 10.6 Å². The van der Waals surface area contributed by atoms with Gasteiger partial charge in [-0.2, -0.15) is 13.2 Å². The molecule has 1 aromatic carbocycles. The molecule has 11 nitrogen and oxygen atoms in total. The molecule has 0 bridgehead atoms. The fraction of sp³-hybridized carbons (Fsp3) is 0.483. The van der Waals surface area contributed by atoms with E-state index in [9.17, 15) is 26.4 Å². The van der Waals surface area contributed by atoms with Gasteiger partial charge in [-0.1, -0.05) is 24.8 Å². The largest absolute Gasteiger partial charge is 0.445 e. The molecule has 0 saturated carbocycles. The summed E-state index contributed by atoms with van der Waals surface area (Å²) in [5.41, 5.74) is -1.06. The summed E-state index contributed by atoms with van der Waals surface area (Å²) in [4.78, 5) is 24.8. The number of anilines is 1. The molecule has 15 heteroatoms. The standard InChI is InChI=1S/C29H35F3N6O5S/c1-3-11-42-28(39)38-9-7-18(8-10-38)17-43-20-12-19(13-33-14-20)36-27-35-16-23(29(30,31)32)25(37-27)22-15-34-26-21(22)5-4-6-24(26)44(2,40)41/h3-6,15-16,18-20,33-34H,1,7-14,17H2,2H3,(H,35,36,37)/t19-,20+/m0/s1. The highest BCUT2D eigenvalue weighted by atomic mass is 32.2. The molecule has 2 aliphatic heterocycles. The lowest BCUT2D eigenvalue weighted by atomic mass is 9.97. The Morgan fingerprint density at radius 2 is 2.02 bits per heavy atom. The van der Waals surface area contributed by atoms with E-state index in [1.807, 2.05) is 0 Å². The van der Waals surface area contributed by atoms with Crippen LogP contribution in [0.4, 0.5) is 23.9 Å². The first-order valence-electron chi connectivity index (χ1n) is 14.3. The number of sulfone groups is 1. The molecule has 2 atom stereocenters. The second-order valence-corrected chi connectivity index (χ2v) is 13.1. The zero-order chi connectivity index (χ0) is 31.5. The van der Waals surface area contributed by atoms with Crippen molar-refractivity contribution < 1.29 is 35.9 Å². The van der Waals surface area contributed by atoms with Crippen LogP contribution in [0.5, 0.6) is 0 Å².